The monoisotopic (exact) mass is 304 g/mol. The Hall–Kier alpha value is -2.66. The summed E-state index contributed by atoms with van der Waals surface area (Å²) in [5.74, 6) is 7.11. The van der Waals surface area contributed by atoms with E-state index in [1.807, 2.05) is 24.1 Å². The molecule has 23 heavy (non-hydrogen) atoms. The van der Waals surface area contributed by atoms with Gasteiger partial charge >= 0.3 is 0 Å². The van der Waals surface area contributed by atoms with Crippen molar-refractivity contribution in [2.75, 3.05) is 7.05 Å². The molecule has 0 bridgehead atoms. The zero-order valence-corrected chi connectivity index (χ0v) is 14.1. The molecule has 0 fully saturated rings. The third-order valence-electron chi connectivity index (χ3n) is 3.90. The summed E-state index contributed by atoms with van der Waals surface area (Å²) >= 11 is 0. The Balaban J connectivity index is 2.22. The molecule has 118 valence electrons. The van der Waals surface area contributed by atoms with Crippen molar-refractivity contribution < 1.29 is 0 Å². The van der Waals surface area contributed by atoms with Gasteiger partial charge in [-0.15, -0.1) is 0 Å². The van der Waals surface area contributed by atoms with E-state index in [4.69, 9.17) is 5.73 Å². The maximum Gasteiger partial charge on any atom is 0.0957 e. The Bertz CT molecular complexity index is 715. The lowest BCUT2D eigenvalue weighted by molar-refractivity contribution is 0.358. The molecule has 2 rings (SSSR count). The van der Waals surface area contributed by atoms with Crippen molar-refractivity contribution >= 4 is 0 Å². The van der Waals surface area contributed by atoms with Crippen LogP contribution in [0.25, 0.3) is 0 Å². The molecule has 0 heterocycles. The van der Waals surface area contributed by atoms with Gasteiger partial charge in [0, 0.05) is 19.0 Å². The van der Waals surface area contributed by atoms with Crippen LogP contribution in [0.3, 0.4) is 0 Å². The zero-order chi connectivity index (χ0) is 16.8. The minimum absolute atomic E-state index is 0.00323. The smallest absolute Gasteiger partial charge is 0.0957 e. The van der Waals surface area contributed by atoms with Gasteiger partial charge in [-0.3, -0.25) is 0 Å². The molecule has 2 aromatic rings. The van der Waals surface area contributed by atoms with Crippen LogP contribution in [0.2, 0.25) is 0 Å². The molecule has 2 N–H and O–H groups in total. The van der Waals surface area contributed by atoms with Crippen LogP contribution in [0.1, 0.15) is 22.3 Å². The fourth-order valence-electron chi connectivity index (χ4n) is 2.24. The normalized spacial score (nSPS) is 11.3. The highest BCUT2D eigenvalue weighted by Crippen LogP contribution is 2.11. The quantitative estimate of drug-likeness (QED) is 0.874. The highest BCUT2D eigenvalue weighted by atomic mass is 15.2. The molecule has 0 aliphatic rings. The Kier molecular flexibility index (Phi) is 5.49. The first kappa shape index (κ1) is 16.7. The summed E-state index contributed by atoms with van der Waals surface area (Å²) in [7, 11) is 1.94. The van der Waals surface area contributed by atoms with Gasteiger partial charge in [0.05, 0.1) is 11.9 Å². The van der Waals surface area contributed by atoms with Crippen molar-refractivity contribution in [3.05, 3.63) is 83.2 Å². The number of rotatable bonds is 4. The van der Waals surface area contributed by atoms with Crippen molar-refractivity contribution in [1.82, 2.24) is 4.90 Å². The lowest BCUT2D eigenvalue weighted by Gasteiger charge is -2.25. The van der Waals surface area contributed by atoms with Gasteiger partial charge in [0.1, 0.15) is 0 Å². The molecule has 0 amide bonds. The van der Waals surface area contributed by atoms with E-state index in [9.17, 15) is 0 Å². The van der Waals surface area contributed by atoms with E-state index in [0.29, 0.717) is 5.82 Å². The van der Waals surface area contributed by atoms with E-state index in [2.05, 4.69) is 68.7 Å². The van der Waals surface area contributed by atoms with E-state index in [-0.39, 0.29) is 6.04 Å². The lowest BCUT2D eigenvalue weighted by atomic mass is 10.0. The van der Waals surface area contributed by atoms with Crippen LogP contribution in [0.15, 0.2) is 60.9 Å². The van der Waals surface area contributed by atoms with E-state index in [1.54, 1.807) is 0 Å². The highest BCUT2D eigenvalue weighted by molar-refractivity contribution is 5.37. The molecule has 0 aliphatic heterocycles. The average molecular weight is 304 g/mol. The summed E-state index contributed by atoms with van der Waals surface area (Å²) in [6.07, 6.45) is 0.811. The average Bonchev–Trinajstić information content (AvgIpc) is 2.54. The second kappa shape index (κ2) is 7.56. The summed E-state index contributed by atoms with van der Waals surface area (Å²) in [5, 5.41) is 0. The maximum atomic E-state index is 5.87. The Labute approximate surface area is 139 Å². The van der Waals surface area contributed by atoms with Crippen LogP contribution in [0, 0.1) is 25.7 Å². The predicted molar refractivity (Wildman–Crippen MR) is 97.8 cm³/mol. The molecule has 0 aliphatic carbocycles. The summed E-state index contributed by atoms with van der Waals surface area (Å²) in [6, 6.07) is 16.8. The second-order valence-corrected chi connectivity index (χ2v) is 5.94. The molecular formula is C21H24N2. The molecule has 0 radical (unpaired) electrons. The minimum atomic E-state index is -0.00323. The number of likely N-dealkylation sites (N-methyl/N-ethyl adjacent to an activating group) is 1. The maximum absolute atomic E-state index is 5.87. The van der Waals surface area contributed by atoms with Gasteiger partial charge in [0.25, 0.3) is 0 Å². The van der Waals surface area contributed by atoms with Crippen LogP contribution < -0.4 is 5.73 Å². The lowest BCUT2D eigenvalue weighted by Crippen LogP contribution is -2.34. The van der Waals surface area contributed by atoms with Crippen LogP contribution in [0.4, 0.5) is 0 Å². The molecule has 0 spiro atoms. The number of nitrogens with two attached hydrogens (primary N) is 1. The van der Waals surface area contributed by atoms with E-state index < -0.39 is 0 Å². The minimum Gasteiger partial charge on any atom is -0.386 e. The van der Waals surface area contributed by atoms with E-state index >= 15 is 0 Å². The second-order valence-electron chi connectivity index (χ2n) is 5.94. The first-order chi connectivity index (χ1) is 11.0. The van der Waals surface area contributed by atoms with Crippen LogP contribution in [-0.2, 0) is 6.42 Å². The van der Waals surface area contributed by atoms with Crippen molar-refractivity contribution in [1.29, 1.82) is 0 Å². The first-order valence-electron chi connectivity index (χ1n) is 7.76. The Morgan fingerprint density at radius 2 is 1.57 bits per heavy atom. The number of hydrogen-bond acceptors (Lipinski definition) is 2. The van der Waals surface area contributed by atoms with Gasteiger partial charge < -0.3 is 10.6 Å². The number of nitrogens with zero attached hydrogens (tertiary/aromatic N) is 1. The number of benzene rings is 2. The van der Waals surface area contributed by atoms with Crippen molar-refractivity contribution in [2.24, 2.45) is 5.73 Å². The standard InChI is InChI=1S/C21H24N2/c1-16-5-9-19(10-6-16)13-14-21(23(4)18(3)22)15-20-11-7-17(2)8-12-20/h5-12,21H,3,15,22H2,1-2,4H3. The molecule has 1 unspecified atom stereocenters. The third-order valence-corrected chi connectivity index (χ3v) is 3.90. The zero-order valence-electron chi connectivity index (χ0n) is 14.1. The molecule has 2 nitrogen and oxygen atoms in total. The topological polar surface area (TPSA) is 29.3 Å². The Morgan fingerprint density at radius 1 is 1.04 bits per heavy atom. The van der Waals surface area contributed by atoms with Crippen LogP contribution in [-0.4, -0.2) is 18.0 Å². The molecule has 0 saturated heterocycles. The van der Waals surface area contributed by atoms with Crippen molar-refractivity contribution in [3.63, 3.8) is 0 Å². The van der Waals surface area contributed by atoms with Gasteiger partial charge in [-0.25, -0.2) is 0 Å². The third kappa shape index (κ3) is 4.93. The molecular weight excluding hydrogens is 280 g/mol. The van der Waals surface area contributed by atoms with Crippen LogP contribution in [0.5, 0.6) is 0 Å². The number of aryl methyl sites for hydroxylation is 2. The Morgan fingerprint density at radius 3 is 2.09 bits per heavy atom. The van der Waals surface area contributed by atoms with Crippen molar-refractivity contribution in [3.8, 4) is 11.8 Å². The van der Waals surface area contributed by atoms with Gasteiger partial charge in [-0.1, -0.05) is 65.9 Å². The van der Waals surface area contributed by atoms with E-state index in [1.165, 1.54) is 16.7 Å². The first-order valence-corrected chi connectivity index (χ1v) is 7.76. The molecule has 1 atom stereocenters. The summed E-state index contributed by atoms with van der Waals surface area (Å²) in [5.41, 5.74) is 10.6. The molecule has 0 saturated carbocycles. The SMILES string of the molecule is C=C(N)N(C)C(C#Cc1ccc(C)cc1)Cc1ccc(C)cc1. The highest BCUT2D eigenvalue weighted by Gasteiger charge is 2.13. The van der Waals surface area contributed by atoms with E-state index in [0.717, 1.165) is 12.0 Å². The summed E-state index contributed by atoms with van der Waals surface area (Å²) in [4.78, 5) is 1.93. The summed E-state index contributed by atoms with van der Waals surface area (Å²) < 4.78 is 0. The van der Waals surface area contributed by atoms with Gasteiger partial charge in [-0.2, -0.15) is 0 Å². The van der Waals surface area contributed by atoms with Gasteiger partial charge in [0.15, 0.2) is 0 Å². The summed E-state index contributed by atoms with van der Waals surface area (Å²) in [6.45, 7) is 8.00. The van der Waals surface area contributed by atoms with Gasteiger partial charge in [0.2, 0.25) is 0 Å². The predicted octanol–water partition coefficient (Wildman–Crippen LogP) is 3.63. The van der Waals surface area contributed by atoms with Gasteiger partial charge in [-0.05, 0) is 31.5 Å². The molecule has 2 aromatic carbocycles. The molecule has 0 aromatic heterocycles. The van der Waals surface area contributed by atoms with Crippen molar-refractivity contribution in [2.45, 2.75) is 26.3 Å². The molecule has 2 heteroatoms. The number of hydrogen-bond donors (Lipinski definition) is 1. The fraction of sp³-hybridized carbons (Fsp3) is 0.238. The largest absolute Gasteiger partial charge is 0.386 e. The fourth-order valence-corrected chi connectivity index (χ4v) is 2.24. The van der Waals surface area contributed by atoms with Crippen LogP contribution >= 0.6 is 0 Å².